The maximum Gasteiger partial charge on any atom is 0.305 e. The molecule has 0 heterocycles. The molecule has 0 bridgehead atoms. The fraction of sp³-hybridized carbons (Fsp3) is 0.929. The average Bonchev–Trinajstić information content (AvgIpc) is 3.62. The highest BCUT2D eigenvalue weighted by atomic mass is 16.5. The molecule has 0 saturated heterocycles. The molecule has 6 nitrogen and oxygen atoms in total. The molecule has 0 aliphatic carbocycles. The van der Waals surface area contributed by atoms with E-state index in [4.69, 9.17) is 4.74 Å². The Morgan fingerprint density at radius 3 is 0.844 bits per heavy atom. The lowest BCUT2D eigenvalue weighted by atomic mass is 10.0. The van der Waals surface area contributed by atoms with Crippen LogP contribution in [0.3, 0.4) is 0 Å². The lowest BCUT2D eigenvalue weighted by molar-refractivity contribution is -0.143. The number of hydrogen-bond acceptors (Lipinski definition) is 5. The van der Waals surface area contributed by atoms with E-state index in [2.05, 4.69) is 43.5 Å². The normalized spacial score (nSPS) is 12.5. The monoisotopic (exact) mass is 1270 g/mol. The molecule has 0 rings (SSSR count). The van der Waals surface area contributed by atoms with Gasteiger partial charge in [-0.1, -0.05) is 430 Å². The van der Waals surface area contributed by atoms with Gasteiger partial charge in [0.2, 0.25) is 5.91 Å². The number of unbranched alkanes of at least 4 members (excludes halogenated alkanes) is 64. The molecule has 0 saturated carbocycles. The average molecular weight is 1270 g/mol. The number of allylic oxidation sites excluding steroid dienone is 4. The van der Waals surface area contributed by atoms with Crippen molar-refractivity contribution in [3.05, 3.63) is 24.3 Å². The zero-order chi connectivity index (χ0) is 64.9. The third-order valence-electron chi connectivity index (χ3n) is 19.8. The second kappa shape index (κ2) is 79.8. The smallest absolute Gasteiger partial charge is 0.305 e. The van der Waals surface area contributed by atoms with Crippen LogP contribution in [0.25, 0.3) is 0 Å². The van der Waals surface area contributed by atoms with Crippen molar-refractivity contribution < 1.29 is 24.5 Å². The van der Waals surface area contributed by atoms with E-state index in [9.17, 15) is 19.8 Å². The molecule has 2 atom stereocenters. The standard InChI is InChI=1S/C84H163NO5/c1-3-5-7-9-11-13-15-16-17-18-19-20-38-41-44-47-50-53-57-60-64-68-72-76-82(87)81(80-86)85-83(88)77-73-69-65-61-58-54-51-48-45-42-39-36-34-32-30-28-26-24-22-21-23-25-27-29-31-33-35-37-40-43-46-49-52-55-59-63-67-71-75-79-90-84(89)78-74-70-66-62-56-14-12-10-8-6-4-2/h21-22,25,27,81-82,86-87H,3-20,23-24,26,28-80H2,1-2H3,(H,85,88)/b22-21-,27-25-. The van der Waals surface area contributed by atoms with Gasteiger partial charge in [-0.15, -0.1) is 0 Å². The summed E-state index contributed by atoms with van der Waals surface area (Å²) in [5.74, 6) is -0.00500. The van der Waals surface area contributed by atoms with Crippen LogP contribution in [0, 0.1) is 0 Å². The molecule has 0 aliphatic heterocycles. The van der Waals surface area contributed by atoms with E-state index in [-0.39, 0.29) is 18.5 Å². The fourth-order valence-corrected chi connectivity index (χ4v) is 13.4. The molecule has 3 N–H and O–H groups in total. The Morgan fingerprint density at radius 1 is 0.311 bits per heavy atom. The minimum Gasteiger partial charge on any atom is -0.466 e. The van der Waals surface area contributed by atoms with Crippen LogP contribution in [0.2, 0.25) is 0 Å². The van der Waals surface area contributed by atoms with E-state index in [0.29, 0.717) is 25.9 Å². The molecule has 0 radical (unpaired) electrons. The van der Waals surface area contributed by atoms with Crippen LogP contribution in [0.1, 0.15) is 476 Å². The minimum absolute atomic E-state index is 0.0209. The third-order valence-corrected chi connectivity index (χ3v) is 19.8. The summed E-state index contributed by atoms with van der Waals surface area (Å²) in [5, 5.41) is 23.5. The van der Waals surface area contributed by atoms with Crippen LogP contribution < -0.4 is 5.32 Å². The number of aliphatic hydroxyl groups is 2. The van der Waals surface area contributed by atoms with Crippen LogP contribution in [0.4, 0.5) is 0 Å². The summed E-state index contributed by atoms with van der Waals surface area (Å²) < 4.78 is 5.48. The van der Waals surface area contributed by atoms with E-state index in [1.165, 1.54) is 398 Å². The van der Waals surface area contributed by atoms with Gasteiger partial charge in [-0.3, -0.25) is 9.59 Å². The maximum atomic E-state index is 12.6. The Balaban J connectivity index is 3.36. The SMILES string of the molecule is CCCCCCCCCCCCCCCCCCCCCCCCCC(O)C(CO)NC(=O)CCCCCCCCCCCCCCCCCCC/C=C\C/C=C\CCCCCCCCCCCCCCCCCOC(=O)CCCCCCCCCCCCC. The van der Waals surface area contributed by atoms with Crippen LogP contribution >= 0.6 is 0 Å². The molecular weight excluding hydrogens is 1100 g/mol. The van der Waals surface area contributed by atoms with Crippen molar-refractivity contribution >= 4 is 11.9 Å². The molecule has 90 heavy (non-hydrogen) atoms. The second-order valence-corrected chi connectivity index (χ2v) is 28.8. The van der Waals surface area contributed by atoms with E-state index in [1.54, 1.807) is 0 Å². The van der Waals surface area contributed by atoms with Gasteiger partial charge >= 0.3 is 5.97 Å². The summed E-state index contributed by atoms with van der Waals surface area (Å²) >= 11 is 0. The van der Waals surface area contributed by atoms with Gasteiger partial charge in [-0.05, 0) is 57.8 Å². The lowest BCUT2D eigenvalue weighted by Crippen LogP contribution is -2.45. The number of esters is 1. The highest BCUT2D eigenvalue weighted by molar-refractivity contribution is 5.76. The molecule has 0 aliphatic rings. The minimum atomic E-state index is -0.663. The number of aliphatic hydroxyl groups excluding tert-OH is 2. The van der Waals surface area contributed by atoms with Crippen molar-refractivity contribution in [2.24, 2.45) is 0 Å². The number of carbonyl (C=O) groups is 2. The Kier molecular flexibility index (Phi) is 78.3. The molecule has 0 aromatic carbocycles. The van der Waals surface area contributed by atoms with Crippen molar-refractivity contribution in [3.8, 4) is 0 Å². The highest BCUT2D eigenvalue weighted by Gasteiger charge is 2.20. The molecule has 2 unspecified atom stereocenters. The van der Waals surface area contributed by atoms with E-state index in [1.807, 2.05) is 0 Å². The zero-order valence-electron chi connectivity index (χ0n) is 61.4. The summed E-state index contributed by atoms with van der Waals surface area (Å²) in [6.07, 6.45) is 103. The first-order valence-corrected chi connectivity index (χ1v) is 41.6. The van der Waals surface area contributed by atoms with Crippen LogP contribution in [0.5, 0.6) is 0 Å². The van der Waals surface area contributed by atoms with Crippen molar-refractivity contribution in [1.82, 2.24) is 5.32 Å². The molecule has 0 spiro atoms. The number of ether oxygens (including phenoxy) is 1. The molecule has 1 amide bonds. The van der Waals surface area contributed by atoms with Gasteiger partial charge in [-0.2, -0.15) is 0 Å². The molecule has 6 heteroatoms. The number of hydrogen-bond donors (Lipinski definition) is 3. The fourth-order valence-electron chi connectivity index (χ4n) is 13.4. The van der Waals surface area contributed by atoms with Crippen molar-refractivity contribution in [2.75, 3.05) is 13.2 Å². The number of amides is 1. The van der Waals surface area contributed by atoms with Gasteiger partial charge in [-0.25, -0.2) is 0 Å². The van der Waals surface area contributed by atoms with Gasteiger partial charge in [0.15, 0.2) is 0 Å². The second-order valence-electron chi connectivity index (χ2n) is 28.8. The Hall–Kier alpha value is -1.66. The van der Waals surface area contributed by atoms with Crippen LogP contribution in [0.15, 0.2) is 24.3 Å². The van der Waals surface area contributed by atoms with Crippen LogP contribution in [-0.2, 0) is 14.3 Å². The van der Waals surface area contributed by atoms with Gasteiger partial charge < -0.3 is 20.3 Å². The first-order chi connectivity index (χ1) is 44.5. The summed E-state index contributed by atoms with van der Waals surface area (Å²) in [7, 11) is 0. The topological polar surface area (TPSA) is 95.9 Å². The van der Waals surface area contributed by atoms with E-state index in [0.717, 1.165) is 44.9 Å². The van der Waals surface area contributed by atoms with E-state index >= 15 is 0 Å². The van der Waals surface area contributed by atoms with Gasteiger partial charge in [0.1, 0.15) is 0 Å². The summed E-state index contributed by atoms with van der Waals surface area (Å²) in [4.78, 5) is 24.6. The van der Waals surface area contributed by atoms with Gasteiger partial charge in [0.05, 0.1) is 25.4 Å². The highest BCUT2D eigenvalue weighted by Crippen LogP contribution is 2.20. The van der Waals surface area contributed by atoms with Crippen molar-refractivity contribution in [2.45, 2.75) is 488 Å². The van der Waals surface area contributed by atoms with Gasteiger partial charge in [0, 0.05) is 12.8 Å². The number of rotatable bonds is 79. The largest absolute Gasteiger partial charge is 0.466 e. The van der Waals surface area contributed by atoms with Crippen molar-refractivity contribution in [1.29, 1.82) is 0 Å². The predicted molar refractivity (Wildman–Crippen MR) is 398 cm³/mol. The molecular formula is C84H163NO5. The predicted octanol–water partition coefficient (Wildman–Crippen LogP) is 27.6. The number of nitrogens with one attached hydrogen (secondary N) is 1. The Labute approximate surface area is 564 Å². The van der Waals surface area contributed by atoms with Gasteiger partial charge in [0.25, 0.3) is 0 Å². The zero-order valence-corrected chi connectivity index (χ0v) is 61.4. The Bertz CT molecular complexity index is 1410. The quantitative estimate of drug-likeness (QED) is 0.0320. The summed E-state index contributed by atoms with van der Waals surface area (Å²) in [6, 6.07) is -0.540. The van der Waals surface area contributed by atoms with Crippen molar-refractivity contribution in [3.63, 3.8) is 0 Å². The van der Waals surface area contributed by atoms with E-state index < -0.39 is 12.1 Å². The molecule has 0 aromatic rings. The first-order valence-electron chi connectivity index (χ1n) is 41.6. The third kappa shape index (κ3) is 75.4. The first kappa shape index (κ1) is 88.3. The lowest BCUT2D eigenvalue weighted by Gasteiger charge is -2.22. The molecule has 0 fully saturated rings. The van der Waals surface area contributed by atoms with Crippen LogP contribution in [-0.4, -0.2) is 47.4 Å². The molecule has 0 aromatic heterocycles. The molecule has 534 valence electrons. The number of carbonyl (C=O) groups excluding carboxylic acids is 2. The summed E-state index contributed by atoms with van der Waals surface area (Å²) in [5.41, 5.74) is 0. The summed E-state index contributed by atoms with van der Waals surface area (Å²) in [6.45, 7) is 5.01. The maximum absolute atomic E-state index is 12.6. The Morgan fingerprint density at radius 2 is 0.556 bits per heavy atom.